The number of hydrogen-bond donors (Lipinski definition) is 16. The molecule has 2 aliphatic carbocycles. The highest BCUT2D eigenvalue weighted by Gasteiger charge is 2.51. The Morgan fingerprint density at radius 1 is 0.687 bits per heavy atom. The third-order valence-corrected chi connectivity index (χ3v) is 17.4. The van der Waals surface area contributed by atoms with Gasteiger partial charge in [0.15, 0.2) is 29.8 Å². The first-order valence-electron chi connectivity index (χ1n) is 32.6. The number of aliphatic hydroxyl groups is 3. The fourth-order valence-corrected chi connectivity index (χ4v) is 12.0. The van der Waals surface area contributed by atoms with Gasteiger partial charge in [0, 0.05) is 74.2 Å². The quantitative estimate of drug-likeness (QED) is 0.00932. The number of phenolic OH excluding ortho intramolecular Hbond substituents is 2. The number of nitrogens with one attached hydrogen (secondary N) is 7. The number of fused-ring (bicyclic) bond motifs is 3. The molecule has 34 nitrogen and oxygen atoms in total. The predicted octanol–water partition coefficient (Wildman–Crippen LogP) is -2.99. The van der Waals surface area contributed by atoms with E-state index in [4.69, 9.17) is 37.1 Å². The number of imide groups is 1. The van der Waals surface area contributed by atoms with Gasteiger partial charge in [-0.3, -0.25) is 72.4 Å². The second-order valence-electron chi connectivity index (χ2n) is 25.6. The molecule has 2 aromatic rings. The van der Waals surface area contributed by atoms with Crippen molar-refractivity contribution in [3.8, 4) is 17.2 Å². The number of nitrogens with zero attached hydrogens (tertiary/aromatic N) is 3. The van der Waals surface area contributed by atoms with Gasteiger partial charge in [-0.05, 0) is 77.2 Å². The van der Waals surface area contributed by atoms with Crippen molar-refractivity contribution in [3.63, 3.8) is 0 Å². The molecule has 12 atom stereocenters. The first-order valence-corrected chi connectivity index (χ1v) is 32.6. The summed E-state index contributed by atoms with van der Waals surface area (Å²) in [6.07, 6.45) is -3.51. The minimum Gasteiger partial charge on any atom is -0.507 e. The number of phenols is 2. The lowest BCUT2D eigenvalue weighted by Crippen LogP contribution is -2.61. The number of Topliss-reactive ketones (excluding diaryl/α,β-unsaturated/α-hetero) is 1. The number of ether oxygens (including phenoxy) is 3. The topological polar surface area (TPSA) is 550 Å². The van der Waals surface area contributed by atoms with Crippen LogP contribution in [0.2, 0.25) is 0 Å². The number of rotatable bonds is 34. The van der Waals surface area contributed by atoms with E-state index in [2.05, 4.69) is 47.2 Å². The molecule has 0 bridgehead atoms. The SMILES string of the molecule is COc1cccc2c1C(=O)c1c(O)c3c(c(O)c1C2=O)CC(O)(C(=O)CO)C[C@H]3O[C@@H]1C[C@H](NC(=O)C(NC(=O)C(C)NC(=O)C(NC(=O)C(C)NC(=O)C(CCCN=C(N)N)NC(=O)C(CCCN=C(N)N)NC(=O)CCCCCN2C(=O)C=CC2=O)C(C)C)C(C)C)[C@H](O)[C@H](C)O1. The number of carbonyl (C=O) groups excluding carboxylic acids is 12. The van der Waals surface area contributed by atoms with Crippen LogP contribution >= 0.6 is 0 Å². The first kappa shape index (κ1) is 78.4. The number of ketones is 3. The molecular formula is C65H92N14O20. The van der Waals surface area contributed by atoms with Crippen molar-refractivity contribution in [1.29, 1.82) is 0 Å². The molecule has 2 heterocycles. The predicted molar refractivity (Wildman–Crippen MR) is 352 cm³/mol. The van der Waals surface area contributed by atoms with Gasteiger partial charge < -0.3 is 99.9 Å². The molecule has 0 radical (unpaired) electrons. The summed E-state index contributed by atoms with van der Waals surface area (Å²) in [4.78, 5) is 171. The highest BCUT2D eigenvalue weighted by molar-refractivity contribution is 6.31. The molecule has 1 fully saturated rings. The molecule has 99 heavy (non-hydrogen) atoms. The Balaban J connectivity index is 1.09. The Labute approximate surface area is 570 Å². The van der Waals surface area contributed by atoms with Gasteiger partial charge in [0.2, 0.25) is 47.1 Å². The number of hydrogen-bond acceptors (Lipinski definition) is 22. The molecule has 542 valence electrons. The lowest BCUT2D eigenvalue weighted by molar-refractivity contribution is -0.249. The van der Waals surface area contributed by atoms with Crippen molar-refractivity contribution < 1.29 is 97.3 Å². The zero-order valence-corrected chi connectivity index (χ0v) is 56.5. The van der Waals surface area contributed by atoms with E-state index in [1.807, 2.05) is 0 Å². The first-order chi connectivity index (χ1) is 46.6. The summed E-state index contributed by atoms with van der Waals surface area (Å²) >= 11 is 0. The van der Waals surface area contributed by atoms with Crippen LogP contribution in [0.3, 0.4) is 0 Å². The lowest BCUT2D eigenvalue weighted by Gasteiger charge is -2.43. The molecule has 2 aliphatic heterocycles. The van der Waals surface area contributed by atoms with Crippen molar-refractivity contribution in [2.45, 2.75) is 192 Å². The maximum absolute atomic E-state index is 14.2. The van der Waals surface area contributed by atoms with E-state index in [1.165, 1.54) is 58.2 Å². The van der Waals surface area contributed by atoms with E-state index < -0.39 is 197 Å². The van der Waals surface area contributed by atoms with E-state index in [0.717, 1.165) is 4.90 Å². The second-order valence-corrected chi connectivity index (χ2v) is 25.6. The Morgan fingerprint density at radius 2 is 1.23 bits per heavy atom. The molecule has 4 aliphatic rings. The van der Waals surface area contributed by atoms with Crippen molar-refractivity contribution in [2.24, 2.45) is 44.8 Å². The summed E-state index contributed by atoms with van der Waals surface area (Å²) in [6, 6.07) is -4.94. The summed E-state index contributed by atoms with van der Waals surface area (Å²) in [5.41, 5.74) is 17.3. The maximum atomic E-state index is 14.2. The summed E-state index contributed by atoms with van der Waals surface area (Å²) in [7, 11) is 1.27. The maximum Gasteiger partial charge on any atom is 0.253 e. The van der Waals surface area contributed by atoms with Crippen LogP contribution in [0.15, 0.2) is 40.3 Å². The van der Waals surface area contributed by atoms with Gasteiger partial charge in [-0.15, -0.1) is 0 Å². The fraction of sp³-hybridized carbons (Fsp3) is 0.569. The van der Waals surface area contributed by atoms with Crippen LogP contribution in [0, 0.1) is 11.8 Å². The molecule has 34 heteroatoms. The van der Waals surface area contributed by atoms with E-state index in [9.17, 15) is 83.1 Å². The van der Waals surface area contributed by atoms with Gasteiger partial charge in [0.1, 0.15) is 71.8 Å². The molecule has 0 saturated carbocycles. The molecule has 9 amide bonds. The number of guanidine groups is 2. The van der Waals surface area contributed by atoms with E-state index in [-0.39, 0.29) is 98.1 Å². The fourth-order valence-electron chi connectivity index (χ4n) is 12.0. The zero-order valence-electron chi connectivity index (χ0n) is 56.5. The number of methoxy groups -OCH3 is 1. The van der Waals surface area contributed by atoms with Crippen molar-refractivity contribution >= 4 is 82.4 Å². The largest absolute Gasteiger partial charge is 0.507 e. The number of nitrogens with two attached hydrogens (primary N) is 4. The van der Waals surface area contributed by atoms with E-state index in [0.29, 0.717) is 19.3 Å². The van der Waals surface area contributed by atoms with Crippen molar-refractivity contribution in [1.82, 2.24) is 42.1 Å². The molecule has 0 spiro atoms. The van der Waals surface area contributed by atoms with Gasteiger partial charge >= 0.3 is 0 Å². The molecule has 20 N–H and O–H groups in total. The van der Waals surface area contributed by atoms with E-state index >= 15 is 0 Å². The monoisotopic (exact) mass is 1390 g/mol. The Bertz CT molecular complexity index is 3500. The van der Waals surface area contributed by atoms with Crippen LogP contribution in [0.1, 0.15) is 162 Å². The summed E-state index contributed by atoms with van der Waals surface area (Å²) in [6.45, 7) is 9.62. The lowest BCUT2D eigenvalue weighted by atomic mass is 9.72. The van der Waals surface area contributed by atoms with Gasteiger partial charge in [-0.1, -0.05) is 46.2 Å². The number of benzene rings is 2. The zero-order chi connectivity index (χ0) is 73.5. The van der Waals surface area contributed by atoms with Gasteiger partial charge in [-0.25, -0.2) is 0 Å². The number of aliphatic hydroxyl groups excluding tert-OH is 2. The van der Waals surface area contributed by atoms with Crippen LogP contribution in [0.25, 0.3) is 0 Å². The number of carbonyl (C=O) groups is 12. The second kappa shape index (κ2) is 34.7. The average Bonchev–Trinajstić information content (AvgIpc) is 0.886. The van der Waals surface area contributed by atoms with Crippen LogP contribution in [-0.2, 0) is 63.8 Å². The molecule has 6 rings (SSSR count). The van der Waals surface area contributed by atoms with E-state index in [1.54, 1.807) is 27.7 Å². The molecule has 0 aromatic heterocycles. The average molecular weight is 1390 g/mol. The molecule has 7 unspecified atom stereocenters. The summed E-state index contributed by atoms with van der Waals surface area (Å²) < 4.78 is 17.7. The Hall–Kier alpha value is -9.64. The number of aromatic hydroxyl groups is 2. The molecule has 2 aromatic carbocycles. The third-order valence-electron chi connectivity index (χ3n) is 17.4. The van der Waals surface area contributed by atoms with Crippen molar-refractivity contribution in [2.75, 3.05) is 33.4 Å². The van der Waals surface area contributed by atoms with Crippen molar-refractivity contribution in [3.05, 3.63) is 63.7 Å². The number of unbranched alkanes of at least 4 members (excludes halogenated alkanes) is 2. The Kier molecular flexibility index (Phi) is 27.5. The van der Waals surface area contributed by atoms with Crippen LogP contribution in [-0.4, -0.2) is 213 Å². The smallest absolute Gasteiger partial charge is 0.253 e. The highest BCUT2D eigenvalue weighted by atomic mass is 16.7. The molecule has 1 saturated heterocycles. The normalized spacial score (nSPS) is 21.1. The van der Waals surface area contributed by atoms with Crippen LogP contribution in [0.5, 0.6) is 17.2 Å². The minimum atomic E-state index is -2.48. The third kappa shape index (κ3) is 19.6. The number of aliphatic imine (C=N–C) groups is 2. The van der Waals surface area contributed by atoms with Crippen LogP contribution in [0.4, 0.5) is 0 Å². The number of amides is 9. The van der Waals surface area contributed by atoms with Gasteiger partial charge in [0.05, 0.1) is 42.0 Å². The summed E-state index contributed by atoms with van der Waals surface area (Å²) in [5.74, 6) is -12.6. The highest BCUT2D eigenvalue weighted by Crippen LogP contribution is 2.52. The standard InChI is InChI=1S/C65H92N14O20/c1-29(2)50(77-57(90)31(5)72-59(92)37(17-14-23-71-64(68)69)75-60(93)36(16-13-22-70-63(66)67)74-42(82)19-10-9-11-24-79-43(83)20-21-44(79)84)61(94)73-32(6)58(91)78-51(30(3)4)62(95)76-38-25-45(98-33(7)52(38)85)99-40-27-65(96,41(81)28-80)26-35-47(40)56(89)49-48(54(35)87)53(86)34-15-12-18-39(97-8)46(34)55(49)88/h12,15,18,20-21,29-33,36-38,40,45,50-52,80,85,87,89,96H,9-11,13-14,16-17,19,22-28H2,1-8H3,(H,72,92)(H,73,94)(H,74,82)(H,75,93)(H,76,95)(H,77,90)(H,78,91)(H4,66,67,70)(H4,68,69,71)/t31?,32?,33-,36?,37?,38-,40+,45+,50?,51?,52+,65?/m0/s1. The molecular weight excluding hydrogens is 1300 g/mol. The summed E-state index contributed by atoms with van der Waals surface area (Å²) in [5, 5.41) is 75.3. The van der Waals surface area contributed by atoms with Crippen LogP contribution < -0.4 is 64.9 Å². The minimum absolute atomic E-state index is 0.00669. The van der Waals surface area contributed by atoms with Gasteiger partial charge in [-0.2, -0.15) is 0 Å². The Morgan fingerprint density at radius 3 is 1.79 bits per heavy atom. The van der Waals surface area contributed by atoms with Gasteiger partial charge in [0.25, 0.3) is 11.8 Å².